The smallest absolute Gasteiger partial charge is 0.150 e. The molecule has 78 valence electrons. The lowest BCUT2D eigenvalue weighted by atomic mass is 10.2. The van der Waals surface area contributed by atoms with Gasteiger partial charge in [-0.3, -0.25) is 16.1 Å². The third-order valence-corrected chi connectivity index (χ3v) is 1.95. The molecule has 0 radical (unpaired) electrons. The van der Waals surface area contributed by atoms with Gasteiger partial charge in [0, 0.05) is 16.6 Å². The molecular formula is C9H13BrN2O2. The van der Waals surface area contributed by atoms with Crippen molar-refractivity contribution in [1.82, 2.24) is 5.48 Å². The first-order valence-electron chi connectivity index (χ1n) is 4.01. The van der Waals surface area contributed by atoms with Crippen molar-refractivity contribution in [2.45, 2.75) is 6.92 Å². The van der Waals surface area contributed by atoms with Crippen LogP contribution in [0.2, 0.25) is 0 Å². The summed E-state index contributed by atoms with van der Waals surface area (Å²) in [5.41, 5.74) is 2.41. The van der Waals surface area contributed by atoms with Crippen LogP contribution in [0.5, 0.6) is 0 Å². The first-order chi connectivity index (χ1) is 6.67. The van der Waals surface area contributed by atoms with Crippen molar-refractivity contribution in [1.29, 1.82) is 5.41 Å². The van der Waals surface area contributed by atoms with Crippen molar-refractivity contribution in [3.63, 3.8) is 0 Å². The third-order valence-electron chi connectivity index (χ3n) is 1.25. The van der Waals surface area contributed by atoms with Gasteiger partial charge in [-0.1, -0.05) is 34.1 Å². The lowest BCUT2D eigenvalue weighted by Gasteiger charge is -2.02. The number of aliphatic hydroxyl groups excluding tert-OH is 1. The van der Waals surface area contributed by atoms with E-state index in [1.807, 2.05) is 6.07 Å². The Morgan fingerprint density at radius 1 is 1.50 bits per heavy atom. The lowest BCUT2D eigenvalue weighted by Crippen LogP contribution is -2.18. The average Bonchev–Trinajstić information content (AvgIpc) is 2.19. The summed E-state index contributed by atoms with van der Waals surface area (Å²) in [6.45, 7) is 1.93. The molecular weight excluding hydrogens is 248 g/mol. The zero-order valence-corrected chi connectivity index (χ0v) is 9.37. The van der Waals surface area contributed by atoms with E-state index in [0.29, 0.717) is 5.56 Å². The second kappa shape index (κ2) is 7.49. The maximum atomic E-state index is 8.42. The topological polar surface area (TPSA) is 76.3 Å². The Balaban J connectivity index is 0.000000500. The van der Waals surface area contributed by atoms with Gasteiger partial charge in [-0.15, -0.1) is 0 Å². The molecule has 0 saturated carbocycles. The summed E-state index contributed by atoms with van der Waals surface area (Å²) in [6.07, 6.45) is 0. The molecule has 0 amide bonds. The fourth-order valence-corrected chi connectivity index (χ4v) is 1.21. The summed E-state index contributed by atoms with van der Waals surface area (Å²) in [5.74, 6) is -0.0162. The molecule has 0 aliphatic rings. The number of hydrogen-bond acceptors (Lipinski definition) is 3. The van der Waals surface area contributed by atoms with E-state index >= 15 is 0 Å². The molecule has 0 unspecified atom stereocenters. The van der Waals surface area contributed by atoms with Crippen LogP contribution in [0.3, 0.4) is 0 Å². The predicted molar refractivity (Wildman–Crippen MR) is 58.7 cm³/mol. The number of hydrogen-bond donors (Lipinski definition) is 4. The maximum Gasteiger partial charge on any atom is 0.150 e. The fourth-order valence-electron chi connectivity index (χ4n) is 0.724. The molecule has 0 atom stereocenters. The first kappa shape index (κ1) is 13.1. The first-order valence-corrected chi connectivity index (χ1v) is 4.81. The Kier molecular flexibility index (Phi) is 7.00. The van der Waals surface area contributed by atoms with Crippen LogP contribution in [0.15, 0.2) is 28.7 Å². The van der Waals surface area contributed by atoms with Crippen LogP contribution in [-0.4, -0.2) is 22.8 Å². The van der Waals surface area contributed by atoms with Gasteiger partial charge in [0.2, 0.25) is 0 Å². The molecule has 1 rings (SSSR count). The molecule has 4 nitrogen and oxygen atoms in total. The molecule has 0 aliphatic heterocycles. The number of benzene rings is 1. The average molecular weight is 261 g/mol. The Labute approximate surface area is 91.2 Å². The van der Waals surface area contributed by atoms with Crippen molar-refractivity contribution >= 4 is 21.8 Å². The molecule has 14 heavy (non-hydrogen) atoms. The van der Waals surface area contributed by atoms with E-state index in [2.05, 4.69) is 15.9 Å². The van der Waals surface area contributed by atoms with Gasteiger partial charge in [-0.25, -0.2) is 0 Å². The molecule has 0 saturated heterocycles. The quantitative estimate of drug-likeness (QED) is 0.353. The monoisotopic (exact) mass is 260 g/mol. The standard InChI is InChI=1S/C7H7BrN2O.C2H6O/c8-6-4-2-1-3-5(6)7(9)10-11;1-2-3/h1-4,11H,(H2,9,10);3H,2H2,1H3. The molecule has 5 heteroatoms. The summed E-state index contributed by atoms with van der Waals surface area (Å²) < 4.78 is 0.784. The van der Waals surface area contributed by atoms with Gasteiger partial charge >= 0.3 is 0 Å². The third kappa shape index (κ3) is 4.36. The molecule has 0 aromatic heterocycles. The molecule has 0 heterocycles. The number of nitrogens with one attached hydrogen (secondary N) is 2. The van der Waals surface area contributed by atoms with Gasteiger partial charge in [-0.05, 0) is 13.0 Å². The highest BCUT2D eigenvalue weighted by molar-refractivity contribution is 9.10. The normalized spacial score (nSPS) is 8.57. The van der Waals surface area contributed by atoms with Crippen molar-refractivity contribution in [3.8, 4) is 0 Å². The summed E-state index contributed by atoms with van der Waals surface area (Å²) >= 11 is 3.25. The number of rotatable bonds is 1. The van der Waals surface area contributed by atoms with Crippen molar-refractivity contribution in [2.24, 2.45) is 0 Å². The summed E-state index contributed by atoms with van der Waals surface area (Å²) in [7, 11) is 0. The van der Waals surface area contributed by atoms with Crippen LogP contribution >= 0.6 is 15.9 Å². The minimum atomic E-state index is -0.0162. The second-order valence-electron chi connectivity index (χ2n) is 2.28. The van der Waals surface area contributed by atoms with Crippen LogP contribution in [0.1, 0.15) is 12.5 Å². The van der Waals surface area contributed by atoms with Crippen molar-refractivity contribution in [3.05, 3.63) is 34.3 Å². The van der Waals surface area contributed by atoms with E-state index in [-0.39, 0.29) is 12.4 Å². The molecule has 4 N–H and O–H groups in total. The van der Waals surface area contributed by atoms with Gasteiger partial charge in [0.05, 0.1) is 0 Å². The molecule has 0 spiro atoms. The van der Waals surface area contributed by atoms with E-state index in [9.17, 15) is 0 Å². The Hall–Kier alpha value is -0.910. The molecule has 1 aromatic carbocycles. The SMILES string of the molecule is CCO.N=C(NO)c1ccccc1Br. The Morgan fingerprint density at radius 3 is 2.43 bits per heavy atom. The predicted octanol–water partition coefficient (Wildman–Crippen LogP) is 1.75. The van der Waals surface area contributed by atoms with Crippen LogP contribution in [0.25, 0.3) is 0 Å². The zero-order valence-electron chi connectivity index (χ0n) is 7.79. The zero-order chi connectivity index (χ0) is 11.0. The van der Waals surface area contributed by atoms with E-state index in [0.717, 1.165) is 4.47 Å². The van der Waals surface area contributed by atoms with Gasteiger partial charge in [-0.2, -0.15) is 0 Å². The highest BCUT2D eigenvalue weighted by atomic mass is 79.9. The largest absolute Gasteiger partial charge is 0.397 e. The van der Waals surface area contributed by atoms with E-state index < -0.39 is 0 Å². The molecule has 0 bridgehead atoms. The minimum Gasteiger partial charge on any atom is -0.397 e. The van der Waals surface area contributed by atoms with Gasteiger partial charge < -0.3 is 5.11 Å². The summed E-state index contributed by atoms with van der Waals surface area (Å²) in [5, 5.41) is 23.2. The number of halogens is 1. The number of amidine groups is 1. The summed E-state index contributed by atoms with van der Waals surface area (Å²) in [6, 6.07) is 7.18. The van der Waals surface area contributed by atoms with Crippen molar-refractivity contribution in [2.75, 3.05) is 6.61 Å². The maximum absolute atomic E-state index is 8.42. The van der Waals surface area contributed by atoms with Crippen LogP contribution in [-0.2, 0) is 0 Å². The lowest BCUT2D eigenvalue weighted by molar-refractivity contribution is 0.234. The van der Waals surface area contributed by atoms with Crippen LogP contribution < -0.4 is 5.48 Å². The van der Waals surface area contributed by atoms with Gasteiger partial charge in [0.1, 0.15) is 5.84 Å². The van der Waals surface area contributed by atoms with Crippen LogP contribution in [0, 0.1) is 5.41 Å². The highest BCUT2D eigenvalue weighted by Gasteiger charge is 2.02. The van der Waals surface area contributed by atoms with Crippen LogP contribution in [0.4, 0.5) is 0 Å². The van der Waals surface area contributed by atoms with E-state index in [1.165, 1.54) is 0 Å². The van der Waals surface area contributed by atoms with Gasteiger partial charge in [0.15, 0.2) is 0 Å². The fraction of sp³-hybridized carbons (Fsp3) is 0.222. The molecule has 0 aliphatic carbocycles. The second-order valence-corrected chi connectivity index (χ2v) is 3.14. The molecule has 0 fully saturated rings. The highest BCUT2D eigenvalue weighted by Crippen LogP contribution is 2.14. The summed E-state index contributed by atoms with van der Waals surface area (Å²) in [4.78, 5) is 0. The van der Waals surface area contributed by atoms with Crippen molar-refractivity contribution < 1.29 is 10.3 Å². The Bertz CT molecular complexity index is 292. The molecule has 1 aromatic rings. The van der Waals surface area contributed by atoms with E-state index in [1.54, 1.807) is 30.6 Å². The number of aliphatic hydroxyl groups is 1. The number of hydroxylamine groups is 1. The minimum absolute atomic E-state index is 0.0162. The van der Waals surface area contributed by atoms with E-state index in [4.69, 9.17) is 15.7 Å². The Morgan fingerprint density at radius 2 is 2.00 bits per heavy atom. The van der Waals surface area contributed by atoms with Gasteiger partial charge in [0.25, 0.3) is 0 Å².